The molecule has 3 rings (SSSR count). The maximum absolute atomic E-state index is 12.5. The van der Waals surface area contributed by atoms with Crippen LogP contribution in [0.5, 0.6) is 0 Å². The predicted molar refractivity (Wildman–Crippen MR) is 113 cm³/mol. The average Bonchev–Trinajstić information content (AvgIpc) is 3.11. The summed E-state index contributed by atoms with van der Waals surface area (Å²) in [6.07, 6.45) is 6.11. The van der Waals surface area contributed by atoms with Gasteiger partial charge >= 0.3 is 0 Å². The number of benzene rings is 1. The number of nitrogens with zero attached hydrogens (tertiary/aromatic N) is 4. The first-order chi connectivity index (χ1) is 13.6. The van der Waals surface area contributed by atoms with Crippen LogP contribution in [0.25, 0.3) is 11.4 Å². The Morgan fingerprint density at radius 3 is 2.86 bits per heavy atom. The highest BCUT2D eigenvalue weighted by Crippen LogP contribution is 2.25. The van der Waals surface area contributed by atoms with Crippen LogP contribution in [-0.4, -0.2) is 31.4 Å². The minimum Gasteiger partial charge on any atom is -0.325 e. The SMILES string of the molecule is C=CCn1c(SCC(=O)Nc2c(C)cccc2CC)nnc1-c1cccnc1. The largest absolute Gasteiger partial charge is 0.325 e. The van der Waals surface area contributed by atoms with Crippen LogP contribution in [0, 0.1) is 6.92 Å². The maximum atomic E-state index is 12.5. The van der Waals surface area contributed by atoms with E-state index in [1.807, 2.05) is 41.8 Å². The van der Waals surface area contributed by atoms with E-state index >= 15 is 0 Å². The summed E-state index contributed by atoms with van der Waals surface area (Å²) in [5.74, 6) is 0.896. The molecule has 144 valence electrons. The van der Waals surface area contributed by atoms with Gasteiger partial charge in [0.25, 0.3) is 0 Å². The Hall–Kier alpha value is -2.93. The van der Waals surface area contributed by atoms with Crippen molar-refractivity contribution in [1.29, 1.82) is 0 Å². The number of para-hydroxylation sites is 1. The molecule has 0 aliphatic rings. The fourth-order valence-corrected chi connectivity index (χ4v) is 3.65. The summed E-state index contributed by atoms with van der Waals surface area (Å²) in [6.45, 7) is 8.45. The van der Waals surface area contributed by atoms with Gasteiger partial charge < -0.3 is 5.32 Å². The lowest BCUT2D eigenvalue weighted by Gasteiger charge is -2.13. The van der Waals surface area contributed by atoms with Gasteiger partial charge in [0.05, 0.1) is 5.75 Å². The summed E-state index contributed by atoms with van der Waals surface area (Å²) in [4.78, 5) is 16.7. The van der Waals surface area contributed by atoms with Crippen LogP contribution >= 0.6 is 11.8 Å². The highest BCUT2D eigenvalue weighted by Gasteiger charge is 2.16. The van der Waals surface area contributed by atoms with Crippen LogP contribution in [0.2, 0.25) is 0 Å². The monoisotopic (exact) mass is 393 g/mol. The van der Waals surface area contributed by atoms with Gasteiger partial charge in [-0.1, -0.05) is 43.0 Å². The number of aryl methyl sites for hydroxylation is 2. The van der Waals surface area contributed by atoms with Crippen LogP contribution < -0.4 is 5.32 Å². The quantitative estimate of drug-likeness (QED) is 0.460. The second kappa shape index (κ2) is 9.32. The van der Waals surface area contributed by atoms with E-state index in [-0.39, 0.29) is 11.7 Å². The van der Waals surface area contributed by atoms with Crippen LogP contribution in [0.15, 0.2) is 60.5 Å². The molecule has 0 aliphatic heterocycles. The van der Waals surface area contributed by atoms with E-state index in [0.717, 1.165) is 28.8 Å². The first kappa shape index (κ1) is 19.8. The lowest BCUT2D eigenvalue weighted by atomic mass is 10.1. The number of rotatable bonds is 8. The molecule has 0 aliphatic carbocycles. The molecule has 0 bridgehead atoms. The fraction of sp³-hybridized carbons (Fsp3) is 0.238. The maximum Gasteiger partial charge on any atom is 0.234 e. The molecule has 1 N–H and O–H groups in total. The van der Waals surface area contributed by atoms with Crippen molar-refractivity contribution in [2.75, 3.05) is 11.1 Å². The number of hydrogen-bond donors (Lipinski definition) is 1. The predicted octanol–water partition coefficient (Wildman–Crippen LogP) is 4.13. The molecule has 0 unspecified atom stereocenters. The molecule has 0 spiro atoms. The van der Waals surface area contributed by atoms with E-state index < -0.39 is 0 Å². The molecule has 3 aromatic rings. The Bertz CT molecular complexity index is 968. The summed E-state index contributed by atoms with van der Waals surface area (Å²) < 4.78 is 1.94. The number of nitrogens with one attached hydrogen (secondary N) is 1. The summed E-state index contributed by atoms with van der Waals surface area (Å²) in [5.41, 5.74) is 3.97. The van der Waals surface area contributed by atoms with E-state index in [0.29, 0.717) is 17.5 Å². The van der Waals surface area contributed by atoms with E-state index in [4.69, 9.17) is 0 Å². The first-order valence-corrected chi connectivity index (χ1v) is 10.1. The van der Waals surface area contributed by atoms with Crippen LogP contribution in [0.4, 0.5) is 5.69 Å². The topological polar surface area (TPSA) is 72.7 Å². The first-order valence-electron chi connectivity index (χ1n) is 9.09. The van der Waals surface area contributed by atoms with Gasteiger partial charge in [0.2, 0.25) is 5.91 Å². The van der Waals surface area contributed by atoms with Crippen molar-refractivity contribution in [2.45, 2.75) is 32.0 Å². The van der Waals surface area contributed by atoms with Crippen molar-refractivity contribution in [1.82, 2.24) is 19.7 Å². The third-order valence-electron chi connectivity index (χ3n) is 4.29. The molecule has 0 saturated heterocycles. The third kappa shape index (κ3) is 4.48. The molecule has 1 aromatic carbocycles. The van der Waals surface area contributed by atoms with Crippen LogP contribution in [0.1, 0.15) is 18.1 Å². The standard InChI is InChI=1S/C21H23N5OS/c1-4-12-26-20(17-10-7-11-22-13-17)24-25-21(26)28-14-18(27)23-19-15(3)8-6-9-16(19)5-2/h4,6-11,13H,1,5,12,14H2,2-3H3,(H,23,27). The van der Waals surface area contributed by atoms with Gasteiger partial charge in [-0.15, -0.1) is 16.8 Å². The fourth-order valence-electron chi connectivity index (χ4n) is 2.91. The van der Waals surface area contributed by atoms with E-state index in [9.17, 15) is 4.79 Å². The Labute approximate surface area is 169 Å². The van der Waals surface area contributed by atoms with E-state index in [1.54, 1.807) is 18.5 Å². The molecule has 7 heteroatoms. The Kier molecular flexibility index (Phi) is 6.60. The van der Waals surface area contributed by atoms with Crippen molar-refractivity contribution in [3.05, 3.63) is 66.5 Å². The van der Waals surface area contributed by atoms with Crippen molar-refractivity contribution in [3.8, 4) is 11.4 Å². The van der Waals surface area contributed by atoms with Crippen molar-refractivity contribution >= 4 is 23.4 Å². The molecule has 0 fully saturated rings. The highest BCUT2D eigenvalue weighted by molar-refractivity contribution is 7.99. The highest BCUT2D eigenvalue weighted by atomic mass is 32.2. The summed E-state index contributed by atoms with van der Waals surface area (Å²) in [7, 11) is 0. The van der Waals surface area contributed by atoms with E-state index in [1.165, 1.54) is 11.8 Å². The molecule has 2 heterocycles. The van der Waals surface area contributed by atoms with Gasteiger partial charge in [-0.3, -0.25) is 14.3 Å². The lowest BCUT2D eigenvalue weighted by Crippen LogP contribution is -2.16. The molecule has 0 saturated carbocycles. The summed E-state index contributed by atoms with van der Waals surface area (Å²) >= 11 is 1.36. The molecule has 6 nitrogen and oxygen atoms in total. The van der Waals surface area contributed by atoms with Crippen molar-refractivity contribution in [2.24, 2.45) is 0 Å². The van der Waals surface area contributed by atoms with Gasteiger partial charge in [-0.25, -0.2) is 0 Å². The summed E-state index contributed by atoms with van der Waals surface area (Å²) in [6, 6.07) is 9.84. The zero-order valence-corrected chi connectivity index (χ0v) is 16.9. The second-order valence-corrected chi connectivity index (χ2v) is 7.19. The Morgan fingerprint density at radius 1 is 1.29 bits per heavy atom. The molecular formula is C21H23N5OS. The van der Waals surface area contributed by atoms with Gasteiger partial charge in [-0.2, -0.15) is 0 Å². The van der Waals surface area contributed by atoms with E-state index in [2.05, 4.69) is 34.0 Å². The zero-order valence-electron chi connectivity index (χ0n) is 16.1. The zero-order chi connectivity index (χ0) is 19.9. The van der Waals surface area contributed by atoms with Crippen molar-refractivity contribution < 1.29 is 4.79 Å². The molecule has 28 heavy (non-hydrogen) atoms. The molecule has 0 radical (unpaired) electrons. The number of hydrogen-bond acceptors (Lipinski definition) is 5. The van der Waals surface area contributed by atoms with Gasteiger partial charge in [0, 0.05) is 30.2 Å². The molecule has 2 aromatic heterocycles. The van der Waals surface area contributed by atoms with Crippen LogP contribution in [0.3, 0.4) is 0 Å². The number of aromatic nitrogens is 4. The minimum absolute atomic E-state index is 0.0647. The Balaban J connectivity index is 1.73. The average molecular weight is 394 g/mol. The molecule has 0 atom stereocenters. The van der Waals surface area contributed by atoms with Crippen molar-refractivity contribution in [3.63, 3.8) is 0 Å². The number of pyridine rings is 1. The number of amides is 1. The normalized spacial score (nSPS) is 10.6. The Morgan fingerprint density at radius 2 is 2.14 bits per heavy atom. The number of thioether (sulfide) groups is 1. The lowest BCUT2D eigenvalue weighted by molar-refractivity contribution is -0.113. The minimum atomic E-state index is -0.0647. The van der Waals surface area contributed by atoms with Gasteiger partial charge in [0.1, 0.15) is 0 Å². The molecule has 1 amide bonds. The second-order valence-electron chi connectivity index (χ2n) is 6.25. The van der Waals surface area contributed by atoms with Gasteiger partial charge in [0.15, 0.2) is 11.0 Å². The number of allylic oxidation sites excluding steroid dienone is 1. The third-order valence-corrected chi connectivity index (χ3v) is 5.25. The number of carbonyl (C=O) groups is 1. The number of carbonyl (C=O) groups excluding carboxylic acids is 1. The molecular weight excluding hydrogens is 370 g/mol. The van der Waals surface area contributed by atoms with Gasteiger partial charge in [-0.05, 0) is 36.6 Å². The smallest absolute Gasteiger partial charge is 0.234 e. The summed E-state index contributed by atoms with van der Waals surface area (Å²) in [5, 5.41) is 12.3. The number of anilines is 1. The van der Waals surface area contributed by atoms with Crippen LogP contribution in [-0.2, 0) is 17.8 Å².